The number of amidine groups is 1. The second-order valence-electron chi connectivity index (χ2n) is 4.99. The zero-order chi connectivity index (χ0) is 15.3. The molecule has 0 atom stereocenters. The van der Waals surface area contributed by atoms with Crippen molar-refractivity contribution in [2.45, 2.75) is 19.4 Å². The molecule has 0 saturated carbocycles. The van der Waals surface area contributed by atoms with E-state index in [-0.39, 0.29) is 11.7 Å². The zero-order valence-electron chi connectivity index (χ0n) is 11.5. The molecule has 7 heteroatoms. The number of ether oxygens (including phenoxy) is 1. The average molecular weight is 356 g/mol. The number of carbonyl (C=O) groups excluding carboxylic acids is 1. The van der Waals surface area contributed by atoms with Gasteiger partial charge in [0, 0.05) is 24.2 Å². The highest BCUT2D eigenvalue weighted by Gasteiger charge is 2.44. The van der Waals surface area contributed by atoms with E-state index in [2.05, 4.69) is 26.4 Å². The second kappa shape index (κ2) is 6.91. The fraction of sp³-hybridized carbons (Fsp3) is 0.429. The fourth-order valence-corrected chi connectivity index (χ4v) is 2.63. The lowest BCUT2D eigenvalue weighted by Crippen LogP contribution is -2.52. The minimum atomic E-state index is -0.984. The van der Waals surface area contributed by atoms with E-state index in [0.29, 0.717) is 32.6 Å². The van der Waals surface area contributed by atoms with Crippen LogP contribution in [0.2, 0.25) is 0 Å². The summed E-state index contributed by atoms with van der Waals surface area (Å²) in [7, 11) is 0. The van der Waals surface area contributed by atoms with Crippen LogP contribution in [0.5, 0.6) is 0 Å². The SMILES string of the molecule is NC(=NO)C1(C(=O)NCc2ccc(Br)cc2)CCOCC1. The molecule has 21 heavy (non-hydrogen) atoms. The van der Waals surface area contributed by atoms with Crippen molar-refractivity contribution in [1.29, 1.82) is 0 Å². The number of nitrogens with one attached hydrogen (secondary N) is 1. The Kier molecular flexibility index (Phi) is 5.19. The molecule has 1 aliphatic heterocycles. The molecule has 0 spiro atoms. The molecular formula is C14H18BrN3O3. The monoisotopic (exact) mass is 355 g/mol. The van der Waals surface area contributed by atoms with E-state index < -0.39 is 5.41 Å². The normalized spacial score (nSPS) is 18.2. The maximum Gasteiger partial charge on any atom is 0.234 e. The van der Waals surface area contributed by atoms with Crippen LogP contribution in [-0.4, -0.2) is 30.2 Å². The Morgan fingerprint density at radius 1 is 1.38 bits per heavy atom. The number of oxime groups is 1. The Balaban J connectivity index is 2.07. The molecule has 2 rings (SSSR count). The lowest BCUT2D eigenvalue weighted by atomic mass is 9.78. The van der Waals surface area contributed by atoms with Gasteiger partial charge in [0.1, 0.15) is 5.41 Å². The number of hydrogen-bond acceptors (Lipinski definition) is 4. The van der Waals surface area contributed by atoms with Crippen molar-refractivity contribution in [3.63, 3.8) is 0 Å². The number of carbonyl (C=O) groups is 1. The van der Waals surface area contributed by atoms with Gasteiger partial charge in [0.15, 0.2) is 5.84 Å². The number of rotatable bonds is 4. The number of hydrogen-bond donors (Lipinski definition) is 3. The summed E-state index contributed by atoms with van der Waals surface area (Å²) < 4.78 is 6.25. The molecule has 0 unspecified atom stereocenters. The highest BCUT2D eigenvalue weighted by molar-refractivity contribution is 9.10. The lowest BCUT2D eigenvalue weighted by molar-refractivity contribution is -0.131. The summed E-state index contributed by atoms with van der Waals surface area (Å²) in [6.07, 6.45) is 0.824. The van der Waals surface area contributed by atoms with E-state index in [1.807, 2.05) is 24.3 Å². The molecule has 1 amide bonds. The molecule has 0 aromatic heterocycles. The molecule has 0 radical (unpaired) electrons. The van der Waals surface area contributed by atoms with Crippen LogP contribution in [0.4, 0.5) is 0 Å². The molecule has 1 aromatic rings. The quantitative estimate of drug-likeness (QED) is 0.330. The highest BCUT2D eigenvalue weighted by atomic mass is 79.9. The molecule has 1 saturated heterocycles. The molecular weight excluding hydrogens is 338 g/mol. The molecule has 6 nitrogen and oxygen atoms in total. The Bertz CT molecular complexity index is 525. The van der Waals surface area contributed by atoms with Crippen LogP contribution in [0.25, 0.3) is 0 Å². The fourth-order valence-electron chi connectivity index (χ4n) is 2.37. The predicted molar refractivity (Wildman–Crippen MR) is 81.9 cm³/mol. The number of nitrogens with two attached hydrogens (primary N) is 1. The molecule has 0 bridgehead atoms. The van der Waals surface area contributed by atoms with Crippen LogP contribution < -0.4 is 11.1 Å². The number of amides is 1. The summed E-state index contributed by atoms with van der Waals surface area (Å²) in [5.41, 5.74) is 5.75. The van der Waals surface area contributed by atoms with Crippen molar-refractivity contribution < 1.29 is 14.7 Å². The number of nitrogens with zero attached hydrogens (tertiary/aromatic N) is 1. The zero-order valence-corrected chi connectivity index (χ0v) is 13.1. The smallest absolute Gasteiger partial charge is 0.234 e. The highest BCUT2D eigenvalue weighted by Crippen LogP contribution is 2.31. The van der Waals surface area contributed by atoms with Gasteiger partial charge in [-0.2, -0.15) is 0 Å². The maximum absolute atomic E-state index is 12.5. The van der Waals surface area contributed by atoms with Gasteiger partial charge in [-0.25, -0.2) is 0 Å². The molecule has 114 valence electrons. The summed E-state index contributed by atoms with van der Waals surface area (Å²) in [6.45, 7) is 1.23. The van der Waals surface area contributed by atoms with Crippen molar-refractivity contribution in [2.24, 2.45) is 16.3 Å². The topological polar surface area (TPSA) is 96.9 Å². The van der Waals surface area contributed by atoms with Gasteiger partial charge in [-0.3, -0.25) is 4.79 Å². The van der Waals surface area contributed by atoms with Crippen LogP contribution in [0.1, 0.15) is 18.4 Å². The Morgan fingerprint density at radius 3 is 2.57 bits per heavy atom. The van der Waals surface area contributed by atoms with Gasteiger partial charge in [0.2, 0.25) is 5.91 Å². The first kappa shape index (κ1) is 15.8. The minimum Gasteiger partial charge on any atom is -0.409 e. The van der Waals surface area contributed by atoms with E-state index in [1.54, 1.807) is 0 Å². The molecule has 4 N–H and O–H groups in total. The van der Waals surface area contributed by atoms with Crippen molar-refractivity contribution in [3.05, 3.63) is 34.3 Å². The summed E-state index contributed by atoms with van der Waals surface area (Å²) in [4.78, 5) is 12.5. The third kappa shape index (κ3) is 3.54. The Morgan fingerprint density at radius 2 is 2.00 bits per heavy atom. The Labute approximate surface area is 131 Å². The molecule has 0 aliphatic carbocycles. The van der Waals surface area contributed by atoms with Gasteiger partial charge in [0.25, 0.3) is 0 Å². The van der Waals surface area contributed by atoms with Crippen molar-refractivity contribution in [2.75, 3.05) is 13.2 Å². The van der Waals surface area contributed by atoms with Crippen molar-refractivity contribution in [3.8, 4) is 0 Å². The third-order valence-corrected chi connectivity index (χ3v) is 4.27. The first-order chi connectivity index (χ1) is 10.1. The largest absolute Gasteiger partial charge is 0.409 e. The first-order valence-electron chi connectivity index (χ1n) is 6.67. The van der Waals surface area contributed by atoms with E-state index in [4.69, 9.17) is 15.7 Å². The van der Waals surface area contributed by atoms with Gasteiger partial charge in [-0.15, -0.1) is 0 Å². The molecule has 1 aromatic carbocycles. The van der Waals surface area contributed by atoms with Gasteiger partial charge >= 0.3 is 0 Å². The average Bonchev–Trinajstić information content (AvgIpc) is 2.53. The summed E-state index contributed by atoms with van der Waals surface area (Å²) >= 11 is 3.36. The van der Waals surface area contributed by atoms with Gasteiger partial charge < -0.3 is 21.0 Å². The molecule has 1 aliphatic rings. The van der Waals surface area contributed by atoms with Crippen molar-refractivity contribution in [1.82, 2.24) is 5.32 Å². The summed E-state index contributed by atoms with van der Waals surface area (Å²) in [5, 5.41) is 14.9. The number of halogens is 1. The first-order valence-corrected chi connectivity index (χ1v) is 7.46. The third-order valence-electron chi connectivity index (χ3n) is 3.75. The van der Waals surface area contributed by atoms with Gasteiger partial charge in [-0.05, 0) is 30.5 Å². The van der Waals surface area contributed by atoms with Crippen LogP contribution >= 0.6 is 15.9 Å². The van der Waals surface area contributed by atoms with E-state index in [1.165, 1.54) is 0 Å². The summed E-state index contributed by atoms with van der Waals surface area (Å²) in [6, 6.07) is 7.67. The standard InChI is InChI=1S/C14H18BrN3O3/c15-11-3-1-10(2-4-11)9-17-13(19)14(12(16)18-20)5-7-21-8-6-14/h1-4,20H,5-9H2,(H2,16,18)(H,17,19). The lowest BCUT2D eigenvalue weighted by Gasteiger charge is -2.34. The van der Waals surface area contributed by atoms with Crippen LogP contribution in [-0.2, 0) is 16.1 Å². The van der Waals surface area contributed by atoms with Gasteiger partial charge in [0.05, 0.1) is 0 Å². The second-order valence-corrected chi connectivity index (χ2v) is 5.90. The van der Waals surface area contributed by atoms with Crippen LogP contribution in [0.15, 0.2) is 33.9 Å². The minimum absolute atomic E-state index is 0.0564. The summed E-state index contributed by atoms with van der Waals surface area (Å²) in [5.74, 6) is -0.289. The molecule has 1 fully saturated rings. The van der Waals surface area contributed by atoms with Crippen molar-refractivity contribution >= 4 is 27.7 Å². The van der Waals surface area contributed by atoms with E-state index >= 15 is 0 Å². The van der Waals surface area contributed by atoms with Crippen LogP contribution in [0, 0.1) is 5.41 Å². The van der Waals surface area contributed by atoms with E-state index in [9.17, 15) is 4.79 Å². The van der Waals surface area contributed by atoms with Crippen LogP contribution in [0.3, 0.4) is 0 Å². The predicted octanol–water partition coefficient (Wildman–Crippen LogP) is 1.61. The number of benzene rings is 1. The van der Waals surface area contributed by atoms with Gasteiger partial charge in [-0.1, -0.05) is 33.2 Å². The maximum atomic E-state index is 12.5. The molecule has 1 heterocycles. The Hall–Kier alpha value is -1.60. The van der Waals surface area contributed by atoms with E-state index in [0.717, 1.165) is 10.0 Å².